The third-order valence-electron chi connectivity index (χ3n) is 11.3. The summed E-state index contributed by atoms with van der Waals surface area (Å²) >= 11 is 3.54. The number of rotatable bonds is 16. The summed E-state index contributed by atoms with van der Waals surface area (Å²) in [6.07, 6.45) is 3.50. The van der Waals surface area contributed by atoms with E-state index in [-0.39, 0.29) is 39.3 Å². The van der Waals surface area contributed by atoms with Crippen LogP contribution in [0.1, 0.15) is 130 Å². The number of ether oxygens (including phenoxy) is 2. The summed E-state index contributed by atoms with van der Waals surface area (Å²) < 4.78 is 9.83. The Bertz CT molecular complexity index is 2380. The molecule has 0 saturated heterocycles. The highest BCUT2D eigenvalue weighted by molar-refractivity contribution is 9.10. The van der Waals surface area contributed by atoms with Gasteiger partial charge in [0.25, 0.3) is 0 Å². The molecule has 0 saturated carbocycles. The molecule has 0 radical (unpaired) electrons. The normalized spacial score (nSPS) is 10.9. The summed E-state index contributed by atoms with van der Waals surface area (Å²) in [6, 6.07) is 49.2. The van der Waals surface area contributed by atoms with E-state index in [1.54, 1.807) is 14.2 Å². The fourth-order valence-corrected chi connectivity index (χ4v) is 6.96. The van der Waals surface area contributed by atoms with Crippen LogP contribution in [0.15, 0.2) is 164 Å². The van der Waals surface area contributed by atoms with Crippen molar-refractivity contribution in [1.82, 2.24) is 0 Å². The molecule has 0 N–H and O–H groups in total. The molecule has 0 bridgehead atoms. The van der Waals surface area contributed by atoms with Gasteiger partial charge in [-0.25, -0.2) is 0 Å². The molecule has 6 rings (SSSR count). The maximum atomic E-state index is 12.4. The maximum Gasteiger partial charge on any atom is 0.193 e. The Morgan fingerprint density at radius 2 is 0.908 bits per heavy atom. The lowest BCUT2D eigenvalue weighted by molar-refractivity contribution is 0.0910. The molecular formula is C58H65BrO6. The summed E-state index contributed by atoms with van der Waals surface area (Å²) in [6.45, 7) is 18.0. The molecule has 6 nitrogen and oxygen atoms in total. The van der Waals surface area contributed by atoms with Gasteiger partial charge in [0.15, 0.2) is 23.1 Å². The van der Waals surface area contributed by atoms with Gasteiger partial charge >= 0.3 is 0 Å². The fraction of sp³-hybridized carbons (Fsp3) is 0.276. The first-order chi connectivity index (χ1) is 31.2. The number of Topliss-reactive ketones (excluding diaryl/α,β-unsaturated/α-hetero) is 4. The Hall–Kier alpha value is -6.18. The van der Waals surface area contributed by atoms with Gasteiger partial charge in [-0.05, 0) is 74.9 Å². The third kappa shape index (κ3) is 16.1. The van der Waals surface area contributed by atoms with E-state index >= 15 is 0 Å². The second-order valence-electron chi connectivity index (χ2n) is 15.7. The van der Waals surface area contributed by atoms with Crippen LogP contribution in [0.4, 0.5) is 0 Å². The molecule has 1 unspecified atom stereocenters. The van der Waals surface area contributed by atoms with Crippen LogP contribution >= 0.6 is 15.9 Å². The van der Waals surface area contributed by atoms with Gasteiger partial charge in [0.1, 0.15) is 11.5 Å². The van der Waals surface area contributed by atoms with E-state index in [4.69, 9.17) is 9.47 Å². The van der Waals surface area contributed by atoms with Gasteiger partial charge in [0.05, 0.1) is 18.5 Å². The number of ketones is 4. The van der Waals surface area contributed by atoms with Crippen molar-refractivity contribution >= 4 is 44.6 Å². The SMILES string of the molecule is C=C(C(=O)c1ccc(C)cc1)c1ccc(OC)cc1.CCC(Br)(CC)C(=O)c1ccccc1.CCC(CC)C(=O)c1ccccc1.COc1ccc(C(C)C(=O)c2ccc(C)cc2)cc1. The molecule has 0 aliphatic rings. The zero-order valence-electron chi connectivity index (χ0n) is 39.5. The zero-order valence-corrected chi connectivity index (χ0v) is 41.1. The average Bonchev–Trinajstić information content (AvgIpc) is 3.37. The number of carbonyl (C=O) groups is 4. The van der Waals surface area contributed by atoms with Crippen molar-refractivity contribution in [2.45, 2.75) is 84.4 Å². The standard InChI is InChI=1S/C17H18O2.C17H16O2.C12H15BrO.C12H16O/c2*1-12-4-6-15(7-5-12)17(18)13(2)14-8-10-16(19-3)11-9-14;1-3-12(13,4-2)11(14)10-8-6-5-7-9-10;1-3-10(4-2)12(13)11-8-6-5-7-9-11/h4-11,13H,1-3H3;4-11H,2H2,1,3H3;5-9H,3-4H2,1-2H3;5-10H,3-4H2,1-2H3. The summed E-state index contributed by atoms with van der Waals surface area (Å²) in [5.41, 5.74) is 7.65. The monoisotopic (exact) mass is 936 g/mol. The smallest absolute Gasteiger partial charge is 0.193 e. The predicted octanol–water partition coefficient (Wildman–Crippen LogP) is 15.0. The van der Waals surface area contributed by atoms with E-state index < -0.39 is 0 Å². The quantitative estimate of drug-likeness (QED) is 0.0546. The lowest BCUT2D eigenvalue weighted by Crippen LogP contribution is -2.30. The molecule has 65 heavy (non-hydrogen) atoms. The molecule has 0 heterocycles. The van der Waals surface area contributed by atoms with Crippen LogP contribution in [-0.2, 0) is 0 Å². The summed E-state index contributed by atoms with van der Waals surface area (Å²) in [5, 5.41) is 0. The van der Waals surface area contributed by atoms with Gasteiger partial charge in [0.2, 0.25) is 0 Å². The van der Waals surface area contributed by atoms with Crippen molar-refractivity contribution in [3.8, 4) is 11.5 Å². The number of benzene rings is 6. The van der Waals surface area contributed by atoms with E-state index in [2.05, 4.69) is 36.4 Å². The largest absolute Gasteiger partial charge is 0.497 e. The summed E-state index contributed by atoms with van der Waals surface area (Å²) in [4.78, 5) is 48.5. The molecule has 0 aromatic heterocycles. The van der Waals surface area contributed by atoms with E-state index in [1.165, 1.54) is 0 Å². The molecular weight excluding hydrogens is 873 g/mol. The Morgan fingerprint density at radius 1 is 0.523 bits per heavy atom. The Labute approximate surface area is 396 Å². The van der Waals surface area contributed by atoms with E-state index in [1.807, 2.05) is 192 Å². The number of hydrogen-bond acceptors (Lipinski definition) is 6. The van der Waals surface area contributed by atoms with Crippen LogP contribution < -0.4 is 9.47 Å². The highest BCUT2D eigenvalue weighted by Crippen LogP contribution is 2.31. The minimum absolute atomic E-state index is 0.0508. The molecule has 0 amide bonds. The third-order valence-corrected chi connectivity index (χ3v) is 12.8. The van der Waals surface area contributed by atoms with Crippen LogP contribution in [0.25, 0.3) is 5.57 Å². The summed E-state index contributed by atoms with van der Waals surface area (Å²) in [5.74, 6) is 2.18. The van der Waals surface area contributed by atoms with Gasteiger partial charge in [-0.15, -0.1) is 0 Å². The van der Waals surface area contributed by atoms with Gasteiger partial charge < -0.3 is 9.47 Å². The van der Waals surface area contributed by atoms with E-state index in [0.29, 0.717) is 11.1 Å². The second-order valence-corrected chi connectivity index (χ2v) is 17.3. The van der Waals surface area contributed by atoms with Crippen LogP contribution in [0.3, 0.4) is 0 Å². The van der Waals surface area contributed by atoms with Crippen molar-refractivity contribution in [2.75, 3.05) is 14.2 Å². The Kier molecular flexibility index (Phi) is 22.3. The highest BCUT2D eigenvalue weighted by atomic mass is 79.9. The molecule has 0 aliphatic heterocycles. The van der Waals surface area contributed by atoms with Gasteiger partial charge in [0, 0.05) is 39.7 Å². The maximum absolute atomic E-state index is 12.4. The molecule has 6 aromatic carbocycles. The molecule has 0 spiro atoms. The molecule has 0 aliphatic carbocycles. The van der Waals surface area contributed by atoms with E-state index in [0.717, 1.165) is 76.1 Å². The number of aryl methyl sites for hydroxylation is 2. The first-order valence-electron chi connectivity index (χ1n) is 22.2. The van der Waals surface area contributed by atoms with Crippen molar-refractivity contribution in [3.63, 3.8) is 0 Å². The van der Waals surface area contributed by atoms with Crippen molar-refractivity contribution in [3.05, 3.63) is 209 Å². The summed E-state index contributed by atoms with van der Waals surface area (Å²) in [7, 11) is 3.25. The lowest BCUT2D eigenvalue weighted by Gasteiger charge is -2.22. The topological polar surface area (TPSA) is 86.7 Å². The van der Waals surface area contributed by atoms with Crippen molar-refractivity contribution in [1.29, 1.82) is 0 Å². The first kappa shape index (κ1) is 53.2. The Balaban J connectivity index is 0.000000234. The molecule has 340 valence electrons. The number of methoxy groups -OCH3 is 2. The number of carbonyl (C=O) groups excluding carboxylic acids is 4. The van der Waals surface area contributed by atoms with Crippen LogP contribution in [0.2, 0.25) is 0 Å². The number of halogens is 1. The fourth-order valence-electron chi connectivity index (χ4n) is 6.73. The molecule has 7 heteroatoms. The first-order valence-corrected chi connectivity index (χ1v) is 23.0. The highest BCUT2D eigenvalue weighted by Gasteiger charge is 2.32. The van der Waals surface area contributed by atoms with Gasteiger partial charge in [-0.2, -0.15) is 0 Å². The zero-order chi connectivity index (χ0) is 47.9. The molecule has 6 aromatic rings. The minimum atomic E-state index is -0.381. The molecule has 1 atom stereocenters. The minimum Gasteiger partial charge on any atom is -0.497 e. The van der Waals surface area contributed by atoms with Crippen LogP contribution in [-0.4, -0.2) is 41.7 Å². The van der Waals surface area contributed by atoms with Gasteiger partial charge in [-0.3, -0.25) is 19.2 Å². The number of allylic oxidation sites excluding steroid dienone is 1. The average molecular weight is 938 g/mol. The van der Waals surface area contributed by atoms with Crippen molar-refractivity contribution in [2.24, 2.45) is 5.92 Å². The van der Waals surface area contributed by atoms with E-state index in [9.17, 15) is 19.2 Å². The second kappa shape index (κ2) is 27.2. The predicted molar refractivity (Wildman–Crippen MR) is 272 cm³/mol. The lowest BCUT2D eigenvalue weighted by atomic mass is 9.92. The molecule has 0 fully saturated rings. The van der Waals surface area contributed by atoms with Crippen LogP contribution in [0, 0.1) is 19.8 Å². The van der Waals surface area contributed by atoms with Crippen LogP contribution in [0.5, 0.6) is 11.5 Å². The number of hydrogen-bond donors (Lipinski definition) is 0. The number of alkyl halides is 1. The van der Waals surface area contributed by atoms with Crippen molar-refractivity contribution < 1.29 is 28.7 Å². The van der Waals surface area contributed by atoms with Gasteiger partial charge in [-0.1, -0.05) is 202 Å². The Morgan fingerprint density at radius 3 is 1.32 bits per heavy atom.